The molecule has 0 aliphatic heterocycles. The summed E-state index contributed by atoms with van der Waals surface area (Å²) in [7, 11) is 0. The number of anilines is 1. The van der Waals surface area contributed by atoms with Crippen LogP contribution in [-0.2, 0) is 4.79 Å². The van der Waals surface area contributed by atoms with Gasteiger partial charge in [-0.2, -0.15) is 5.10 Å². The fourth-order valence-electron chi connectivity index (χ4n) is 4.25. The number of pyridine rings is 1. The summed E-state index contributed by atoms with van der Waals surface area (Å²) < 4.78 is 20.4. The molecule has 4 aromatic rings. The summed E-state index contributed by atoms with van der Waals surface area (Å²) >= 11 is 0. The maximum atomic E-state index is 13.4. The first-order chi connectivity index (χ1) is 15.1. The van der Waals surface area contributed by atoms with Crippen molar-refractivity contribution in [2.75, 3.05) is 5.32 Å². The van der Waals surface area contributed by atoms with Crippen molar-refractivity contribution in [2.24, 2.45) is 5.92 Å². The molecule has 0 atom stereocenters. The second-order valence-corrected chi connectivity index (χ2v) is 7.75. The monoisotopic (exact) mass is 421 g/mol. The quantitative estimate of drug-likeness (QED) is 0.520. The molecule has 1 aliphatic rings. The molecular formula is C22H20FN5O3. The van der Waals surface area contributed by atoms with Gasteiger partial charge in [0.15, 0.2) is 11.4 Å². The number of fused-ring (bicyclic) bond motifs is 1. The van der Waals surface area contributed by atoms with E-state index in [1.165, 1.54) is 18.3 Å². The smallest absolute Gasteiger partial charge is 0.406 e. The summed E-state index contributed by atoms with van der Waals surface area (Å²) in [6.07, 6.45) is 5.88. The Labute approximate surface area is 176 Å². The Balaban J connectivity index is 1.24. The van der Waals surface area contributed by atoms with Crippen molar-refractivity contribution in [3.63, 3.8) is 0 Å². The number of hydrogen-bond acceptors (Lipinski definition) is 5. The largest absolute Gasteiger partial charge is 0.420 e. The molecule has 9 heteroatoms. The fourth-order valence-corrected chi connectivity index (χ4v) is 4.25. The van der Waals surface area contributed by atoms with Crippen molar-refractivity contribution in [3.05, 3.63) is 65.2 Å². The van der Waals surface area contributed by atoms with Gasteiger partial charge in [-0.3, -0.25) is 19.4 Å². The first-order valence-electron chi connectivity index (χ1n) is 10.2. The van der Waals surface area contributed by atoms with E-state index in [-0.39, 0.29) is 23.7 Å². The molecule has 3 heterocycles. The molecule has 0 spiro atoms. The molecule has 0 unspecified atom stereocenters. The van der Waals surface area contributed by atoms with E-state index in [0.717, 1.165) is 5.52 Å². The van der Waals surface area contributed by atoms with Crippen LogP contribution in [0.15, 0.2) is 58.0 Å². The molecule has 1 saturated carbocycles. The summed E-state index contributed by atoms with van der Waals surface area (Å²) in [6, 6.07) is 9.60. The Kier molecular flexibility index (Phi) is 4.85. The van der Waals surface area contributed by atoms with E-state index < -0.39 is 5.76 Å². The molecule has 5 rings (SSSR count). The van der Waals surface area contributed by atoms with Crippen molar-refractivity contribution >= 4 is 22.8 Å². The highest BCUT2D eigenvalue weighted by molar-refractivity contribution is 5.92. The van der Waals surface area contributed by atoms with Gasteiger partial charge < -0.3 is 9.73 Å². The van der Waals surface area contributed by atoms with Gasteiger partial charge in [0.2, 0.25) is 5.91 Å². The van der Waals surface area contributed by atoms with E-state index >= 15 is 0 Å². The molecule has 8 nitrogen and oxygen atoms in total. The zero-order valence-corrected chi connectivity index (χ0v) is 16.5. The molecule has 1 aromatic carbocycles. The van der Waals surface area contributed by atoms with Crippen molar-refractivity contribution < 1.29 is 13.6 Å². The number of aromatic amines is 1. The van der Waals surface area contributed by atoms with E-state index in [1.54, 1.807) is 35.0 Å². The predicted molar refractivity (Wildman–Crippen MR) is 112 cm³/mol. The number of halogens is 1. The van der Waals surface area contributed by atoms with Gasteiger partial charge in [-0.05, 0) is 43.9 Å². The molecule has 0 saturated heterocycles. The topological polar surface area (TPSA) is 106 Å². The Morgan fingerprint density at radius 1 is 1.19 bits per heavy atom. The van der Waals surface area contributed by atoms with Crippen LogP contribution in [0.5, 0.6) is 0 Å². The van der Waals surface area contributed by atoms with Crippen LogP contribution in [0.2, 0.25) is 0 Å². The number of carbonyl (C=O) groups is 1. The zero-order chi connectivity index (χ0) is 21.4. The highest BCUT2D eigenvalue weighted by Gasteiger charge is 2.29. The van der Waals surface area contributed by atoms with Gasteiger partial charge in [-0.15, -0.1) is 0 Å². The van der Waals surface area contributed by atoms with Crippen molar-refractivity contribution in [1.29, 1.82) is 0 Å². The lowest BCUT2D eigenvalue weighted by Gasteiger charge is -2.27. The summed E-state index contributed by atoms with van der Waals surface area (Å²) in [6.45, 7) is 0. The maximum absolute atomic E-state index is 13.4. The van der Waals surface area contributed by atoms with Gasteiger partial charge in [0.05, 0.1) is 17.4 Å². The van der Waals surface area contributed by atoms with E-state index in [9.17, 15) is 14.0 Å². The summed E-state index contributed by atoms with van der Waals surface area (Å²) in [5, 5.41) is 9.77. The third kappa shape index (κ3) is 3.74. The van der Waals surface area contributed by atoms with E-state index in [1.807, 2.05) is 0 Å². The van der Waals surface area contributed by atoms with Gasteiger partial charge in [0.1, 0.15) is 5.82 Å². The minimum atomic E-state index is -0.391. The Morgan fingerprint density at radius 2 is 2.03 bits per heavy atom. The van der Waals surface area contributed by atoms with Crippen LogP contribution in [0.3, 0.4) is 0 Å². The fraction of sp³-hybridized carbons (Fsp3) is 0.273. The van der Waals surface area contributed by atoms with Crippen LogP contribution < -0.4 is 11.1 Å². The third-order valence-corrected chi connectivity index (χ3v) is 5.81. The van der Waals surface area contributed by atoms with E-state index in [4.69, 9.17) is 4.42 Å². The SMILES string of the molecule is O=C(Nc1cc(-c2cccc(F)c2)[nH]n1)C1CCC(n2c(=O)oc3cnccc32)CC1. The predicted octanol–water partition coefficient (Wildman–Crippen LogP) is 3.89. The standard InChI is InChI=1S/C22H20FN5O3/c23-15-3-1-2-14(10-15)17-11-20(27-26-17)25-21(29)13-4-6-16(7-5-13)28-18-8-9-24-12-19(18)31-22(28)30/h1-3,8-13,16H,4-7H2,(H2,25,26,27,29). The van der Waals surface area contributed by atoms with Crippen molar-refractivity contribution in [1.82, 2.24) is 19.7 Å². The number of nitrogens with zero attached hydrogens (tertiary/aromatic N) is 3. The van der Waals surface area contributed by atoms with Crippen LogP contribution in [-0.4, -0.2) is 25.7 Å². The van der Waals surface area contributed by atoms with Gasteiger partial charge in [-0.25, -0.2) is 9.18 Å². The molecule has 2 N–H and O–H groups in total. The van der Waals surface area contributed by atoms with Crippen LogP contribution in [0.1, 0.15) is 31.7 Å². The molecular weight excluding hydrogens is 401 g/mol. The third-order valence-electron chi connectivity index (χ3n) is 5.81. The average Bonchev–Trinajstić information content (AvgIpc) is 3.37. The summed E-state index contributed by atoms with van der Waals surface area (Å²) in [5.74, 6) is -0.603. The van der Waals surface area contributed by atoms with Crippen LogP contribution >= 0.6 is 0 Å². The lowest BCUT2D eigenvalue weighted by atomic mass is 9.85. The summed E-state index contributed by atoms with van der Waals surface area (Å²) in [5.41, 5.74) is 2.48. The minimum absolute atomic E-state index is 0.00911. The Hall–Kier alpha value is -3.75. The molecule has 1 aliphatic carbocycles. The number of rotatable bonds is 4. The molecule has 31 heavy (non-hydrogen) atoms. The van der Waals surface area contributed by atoms with E-state index in [2.05, 4.69) is 20.5 Å². The lowest BCUT2D eigenvalue weighted by molar-refractivity contribution is -0.121. The van der Waals surface area contributed by atoms with Gasteiger partial charge in [0.25, 0.3) is 0 Å². The van der Waals surface area contributed by atoms with Crippen LogP contribution in [0.25, 0.3) is 22.4 Å². The first kappa shape index (κ1) is 19.2. The second kappa shape index (κ2) is 7.82. The normalized spacial score (nSPS) is 18.9. The van der Waals surface area contributed by atoms with Crippen molar-refractivity contribution in [3.8, 4) is 11.3 Å². The molecule has 3 aromatic heterocycles. The Morgan fingerprint density at radius 3 is 2.84 bits per heavy atom. The number of benzene rings is 1. The number of H-pyrrole nitrogens is 1. The maximum Gasteiger partial charge on any atom is 0.420 e. The number of nitrogens with one attached hydrogen (secondary N) is 2. The number of oxazole rings is 1. The molecule has 1 fully saturated rings. The molecule has 0 radical (unpaired) electrons. The average molecular weight is 421 g/mol. The second-order valence-electron chi connectivity index (χ2n) is 7.75. The molecule has 0 bridgehead atoms. The van der Waals surface area contributed by atoms with E-state index in [0.29, 0.717) is 48.3 Å². The Bertz CT molecular complexity index is 1300. The highest BCUT2D eigenvalue weighted by Crippen LogP contribution is 2.34. The number of hydrogen-bond donors (Lipinski definition) is 2. The zero-order valence-electron chi connectivity index (χ0n) is 16.5. The van der Waals surface area contributed by atoms with Crippen LogP contribution in [0, 0.1) is 11.7 Å². The lowest BCUT2D eigenvalue weighted by Crippen LogP contribution is -2.30. The minimum Gasteiger partial charge on any atom is -0.406 e. The number of amides is 1. The number of aromatic nitrogens is 4. The van der Waals surface area contributed by atoms with Gasteiger partial charge >= 0.3 is 5.76 Å². The van der Waals surface area contributed by atoms with Crippen molar-refractivity contribution in [2.45, 2.75) is 31.7 Å². The van der Waals surface area contributed by atoms with Gasteiger partial charge in [0, 0.05) is 29.8 Å². The number of carbonyl (C=O) groups excluding carboxylic acids is 1. The van der Waals surface area contributed by atoms with Gasteiger partial charge in [-0.1, -0.05) is 12.1 Å². The first-order valence-corrected chi connectivity index (χ1v) is 10.2. The molecule has 158 valence electrons. The summed E-state index contributed by atoms with van der Waals surface area (Å²) in [4.78, 5) is 29.0. The highest BCUT2D eigenvalue weighted by atomic mass is 19.1. The molecule has 1 amide bonds. The van der Waals surface area contributed by atoms with Crippen LogP contribution in [0.4, 0.5) is 10.2 Å².